The first-order chi connectivity index (χ1) is 11.6. The number of carbonyl (C=O) groups is 1. The zero-order valence-electron chi connectivity index (χ0n) is 13.0. The van der Waals surface area contributed by atoms with Gasteiger partial charge in [0.15, 0.2) is 0 Å². The highest BCUT2D eigenvalue weighted by Crippen LogP contribution is 2.30. The van der Waals surface area contributed by atoms with Gasteiger partial charge in [-0.3, -0.25) is 4.79 Å². The molecule has 0 unspecified atom stereocenters. The Bertz CT molecular complexity index is 931. The third-order valence-corrected chi connectivity index (χ3v) is 3.68. The molecule has 5 nitrogen and oxygen atoms in total. The van der Waals surface area contributed by atoms with E-state index in [1.165, 1.54) is 13.2 Å². The summed E-state index contributed by atoms with van der Waals surface area (Å²) in [4.78, 5) is 24.8. The van der Waals surface area contributed by atoms with Gasteiger partial charge >= 0.3 is 5.97 Å². The van der Waals surface area contributed by atoms with E-state index >= 15 is 0 Å². The van der Waals surface area contributed by atoms with Crippen LogP contribution < -0.4 is 5.56 Å². The molecular weight excluding hydrogens is 306 g/mol. The zero-order chi connectivity index (χ0) is 17.1. The summed E-state index contributed by atoms with van der Waals surface area (Å²) >= 11 is 0. The van der Waals surface area contributed by atoms with Gasteiger partial charge in [-0.05, 0) is 17.7 Å². The highest BCUT2D eigenvalue weighted by molar-refractivity contribution is 5.99. The van der Waals surface area contributed by atoms with Crippen LogP contribution in [-0.2, 0) is 4.74 Å². The number of aromatic nitrogens is 1. The highest BCUT2D eigenvalue weighted by atomic mass is 16.5. The van der Waals surface area contributed by atoms with Gasteiger partial charge in [-0.15, -0.1) is 0 Å². The maximum Gasteiger partial charge on any atom is 0.343 e. The summed E-state index contributed by atoms with van der Waals surface area (Å²) in [7, 11) is 1.23. The molecule has 0 amide bonds. The number of esters is 1. The topological polar surface area (TPSA) is 68.5 Å². The summed E-state index contributed by atoms with van der Waals surface area (Å²) in [5.74, 6) is -1.16. The molecule has 0 atom stereocenters. The quantitative estimate of drug-likeness (QED) is 0.753. The Morgan fingerprint density at radius 3 is 2.17 bits per heavy atom. The Hall–Kier alpha value is -3.34. The second-order valence-corrected chi connectivity index (χ2v) is 5.12. The minimum Gasteiger partial charge on any atom is -0.493 e. The van der Waals surface area contributed by atoms with Crippen molar-refractivity contribution in [3.8, 4) is 22.7 Å². The first kappa shape index (κ1) is 15.6. The average Bonchev–Trinajstić information content (AvgIpc) is 2.62. The standard InChI is InChI=1S/C19H15NO4/c1-24-19(23)17-15(13-8-4-2-5-9-13)12-16(21)20(18(17)22)14-10-6-3-7-11-14/h2-12,22H,1H3. The molecule has 0 aliphatic carbocycles. The average molecular weight is 321 g/mol. The minimum absolute atomic E-state index is 0.0489. The molecule has 3 rings (SSSR count). The molecule has 3 aromatic rings. The van der Waals surface area contributed by atoms with Gasteiger partial charge in [0.25, 0.3) is 5.56 Å². The van der Waals surface area contributed by atoms with Crippen molar-refractivity contribution in [1.29, 1.82) is 0 Å². The predicted molar refractivity (Wildman–Crippen MR) is 90.5 cm³/mol. The second kappa shape index (κ2) is 6.42. The van der Waals surface area contributed by atoms with Crippen LogP contribution in [0.5, 0.6) is 5.88 Å². The van der Waals surface area contributed by atoms with E-state index in [0.717, 1.165) is 4.57 Å². The van der Waals surface area contributed by atoms with Crippen LogP contribution >= 0.6 is 0 Å². The van der Waals surface area contributed by atoms with Crippen LogP contribution in [0.1, 0.15) is 10.4 Å². The van der Waals surface area contributed by atoms with Gasteiger partial charge in [0.1, 0.15) is 5.56 Å². The molecule has 0 spiro atoms. The smallest absolute Gasteiger partial charge is 0.343 e. The van der Waals surface area contributed by atoms with Crippen molar-refractivity contribution >= 4 is 5.97 Å². The molecule has 5 heteroatoms. The molecule has 0 aliphatic rings. The molecule has 2 aromatic carbocycles. The third kappa shape index (κ3) is 2.67. The number of para-hydroxylation sites is 1. The Balaban J connectivity index is 2.34. The van der Waals surface area contributed by atoms with Crippen molar-refractivity contribution in [3.05, 3.63) is 82.6 Å². The second-order valence-electron chi connectivity index (χ2n) is 5.12. The molecule has 0 saturated heterocycles. The van der Waals surface area contributed by atoms with Crippen LogP contribution in [0.4, 0.5) is 0 Å². The van der Waals surface area contributed by atoms with Crippen LogP contribution in [0.3, 0.4) is 0 Å². The van der Waals surface area contributed by atoms with E-state index in [9.17, 15) is 14.7 Å². The van der Waals surface area contributed by atoms with Crippen LogP contribution in [0.25, 0.3) is 16.8 Å². The normalized spacial score (nSPS) is 10.4. The lowest BCUT2D eigenvalue weighted by molar-refractivity contribution is 0.0597. The van der Waals surface area contributed by atoms with Gasteiger partial charge in [-0.1, -0.05) is 48.5 Å². The number of hydrogen-bond acceptors (Lipinski definition) is 4. The molecule has 1 N–H and O–H groups in total. The number of carbonyl (C=O) groups excluding carboxylic acids is 1. The van der Waals surface area contributed by atoms with Crippen molar-refractivity contribution in [1.82, 2.24) is 4.57 Å². The zero-order valence-corrected chi connectivity index (χ0v) is 13.0. The molecule has 1 heterocycles. The van der Waals surface area contributed by atoms with Crippen LogP contribution in [0.2, 0.25) is 0 Å². The maximum atomic E-state index is 12.5. The summed E-state index contributed by atoms with van der Waals surface area (Å²) in [6.07, 6.45) is 0. The Kier molecular flexibility index (Phi) is 4.16. The van der Waals surface area contributed by atoms with Crippen molar-refractivity contribution in [2.45, 2.75) is 0 Å². The largest absolute Gasteiger partial charge is 0.493 e. The lowest BCUT2D eigenvalue weighted by Gasteiger charge is -2.15. The molecule has 0 saturated carbocycles. The number of rotatable bonds is 3. The number of ether oxygens (including phenoxy) is 1. The Morgan fingerprint density at radius 2 is 1.58 bits per heavy atom. The van der Waals surface area contributed by atoms with E-state index in [1.807, 2.05) is 6.07 Å². The monoisotopic (exact) mass is 321 g/mol. The summed E-state index contributed by atoms with van der Waals surface area (Å²) in [5, 5.41) is 10.6. The van der Waals surface area contributed by atoms with Gasteiger partial charge in [0.05, 0.1) is 12.8 Å². The summed E-state index contributed by atoms with van der Waals surface area (Å²) in [6, 6.07) is 18.9. The number of hydrogen-bond donors (Lipinski definition) is 1. The summed E-state index contributed by atoms with van der Waals surface area (Å²) < 4.78 is 5.88. The van der Waals surface area contributed by atoms with Crippen molar-refractivity contribution in [2.75, 3.05) is 7.11 Å². The fraction of sp³-hybridized carbons (Fsp3) is 0.0526. The molecule has 120 valence electrons. The van der Waals surface area contributed by atoms with E-state index in [0.29, 0.717) is 16.8 Å². The minimum atomic E-state index is -0.712. The SMILES string of the molecule is COC(=O)c1c(-c2ccccc2)cc(=O)n(-c2ccccc2)c1O. The van der Waals surface area contributed by atoms with E-state index in [2.05, 4.69) is 0 Å². The van der Waals surface area contributed by atoms with Gasteiger partial charge in [0, 0.05) is 11.6 Å². The van der Waals surface area contributed by atoms with Crippen LogP contribution in [0.15, 0.2) is 71.5 Å². The molecule has 24 heavy (non-hydrogen) atoms. The molecule has 1 aromatic heterocycles. The summed E-state index contributed by atoms with van der Waals surface area (Å²) in [6.45, 7) is 0. The molecular formula is C19H15NO4. The maximum absolute atomic E-state index is 12.5. The molecule has 0 radical (unpaired) electrons. The number of pyridine rings is 1. The molecule has 0 bridgehead atoms. The number of aromatic hydroxyl groups is 1. The summed E-state index contributed by atoms with van der Waals surface area (Å²) in [5.41, 5.74) is 0.949. The first-order valence-corrected chi connectivity index (χ1v) is 7.31. The lowest BCUT2D eigenvalue weighted by atomic mass is 10.0. The highest BCUT2D eigenvalue weighted by Gasteiger charge is 2.23. The molecule has 0 aliphatic heterocycles. The molecule has 0 fully saturated rings. The predicted octanol–water partition coefficient (Wildman–Crippen LogP) is 3.00. The fourth-order valence-corrected chi connectivity index (χ4v) is 2.57. The van der Waals surface area contributed by atoms with Gasteiger partial charge < -0.3 is 9.84 Å². The Labute approximate surface area is 138 Å². The van der Waals surface area contributed by atoms with E-state index in [1.54, 1.807) is 54.6 Å². The van der Waals surface area contributed by atoms with Crippen LogP contribution in [-0.4, -0.2) is 22.8 Å². The first-order valence-electron chi connectivity index (χ1n) is 7.31. The Morgan fingerprint density at radius 1 is 1.00 bits per heavy atom. The lowest BCUT2D eigenvalue weighted by Crippen LogP contribution is -2.21. The van der Waals surface area contributed by atoms with Crippen molar-refractivity contribution in [3.63, 3.8) is 0 Å². The number of nitrogens with zero attached hydrogens (tertiary/aromatic N) is 1. The fourth-order valence-electron chi connectivity index (χ4n) is 2.57. The van der Waals surface area contributed by atoms with Gasteiger partial charge in [-0.2, -0.15) is 0 Å². The van der Waals surface area contributed by atoms with E-state index < -0.39 is 17.4 Å². The number of methoxy groups -OCH3 is 1. The van der Waals surface area contributed by atoms with Crippen LogP contribution in [0, 0.1) is 0 Å². The van der Waals surface area contributed by atoms with Crippen molar-refractivity contribution in [2.24, 2.45) is 0 Å². The van der Waals surface area contributed by atoms with E-state index in [4.69, 9.17) is 4.74 Å². The van der Waals surface area contributed by atoms with Crippen molar-refractivity contribution < 1.29 is 14.6 Å². The van der Waals surface area contributed by atoms with Gasteiger partial charge in [0.2, 0.25) is 5.88 Å². The third-order valence-electron chi connectivity index (χ3n) is 3.68. The van der Waals surface area contributed by atoms with E-state index in [-0.39, 0.29) is 5.56 Å². The number of benzene rings is 2. The van der Waals surface area contributed by atoms with Gasteiger partial charge in [-0.25, -0.2) is 9.36 Å².